The minimum atomic E-state index is 0.644. The van der Waals surface area contributed by atoms with Crippen molar-refractivity contribution >= 4 is 11.5 Å². The third-order valence-corrected chi connectivity index (χ3v) is 4.03. The minimum absolute atomic E-state index is 0.644. The van der Waals surface area contributed by atoms with Gasteiger partial charge in [0.15, 0.2) is 0 Å². The topological polar surface area (TPSA) is 37.0 Å². The molecule has 3 heteroatoms. The average molecular weight is 261 g/mol. The third-order valence-electron chi connectivity index (χ3n) is 4.03. The number of nitrogens with zero attached hydrogens (tertiary/aromatic N) is 1. The Morgan fingerprint density at radius 2 is 2.00 bits per heavy atom. The van der Waals surface area contributed by atoms with Gasteiger partial charge in [0.25, 0.3) is 0 Å². The molecule has 1 aromatic rings. The summed E-state index contributed by atoms with van der Waals surface area (Å²) in [5.74, 6) is 1.94. The first-order chi connectivity index (χ1) is 9.31. The molecule has 0 unspecified atom stereocenters. The molecule has 0 spiro atoms. The van der Waals surface area contributed by atoms with Crippen LogP contribution in [0.1, 0.15) is 52.4 Å². The van der Waals surface area contributed by atoms with E-state index in [4.69, 9.17) is 0 Å². The van der Waals surface area contributed by atoms with Crippen molar-refractivity contribution in [2.75, 3.05) is 17.2 Å². The predicted molar refractivity (Wildman–Crippen MR) is 82.7 cm³/mol. The smallest absolute Gasteiger partial charge is 0.127 e. The lowest BCUT2D eigenvalue weighted by Crippen LogP contribution is -2.26. The quantitative estimate of drug-likeness (QED) is 0.802. The molecule has 2 rings (SSSR count). The van der Waals surface area contributed by atoms with E-state index in [0.29, 0.717) is 6.04 Å². The molecule has 0 radical (unpaired) electrons. The van der Waals surface area contributed by atoms with Gasteiger partial charge >= 0.3 is 0 Å². The molecule has 1 aliphatic rings. The summed E-state index contributed by atoms with van der Waals surface area (Å²) in [6, 6.07) is 4.82. The van der Waals surface area contributed by atoms with E-state index >= 15 is 0 Å². The Bertz CT molecular complexity index is 370. The molecule has 0 amide bonds. The Labute approximate surface area is 117 Å². The minimum Gasteiger partial charge on any atom is -0.382 e. The zero-order chi connectivity index (χ0) is 13.5. The van der Waals surface area contributed by atoms with Crippen LogP contribution in [0.3, 0.4) is 0 Å². The van der Waals surface area contributed by atoms with E-state index in [1.165, 1.54) is 44.2 Å². The molecular formula is C16H27N3. The molecule has 2 N–H and O–H groups in total. The van der Waals surface area contributed by atoms with Crippen LogP contribution < -0.4 is 10.6 Å². The van der Waals surface area contributed by atoms with Crippen molar-refractivity contribution in [3.63, 3.8) is 0 Å². The van der Waals surface area contributed by atoms with Crippen molar-refractivity contribution in [1.29, 1.82) is 0 Å². The first-order valence-corrected chi connectivity index (χ1v) is 7.78. The van der Waals surface area contributed by atoms with Gasteiger partial charge in [0.1, 0.15) is 5.82 Å². The van der Waals surface area contributed by atoms with Gasteiger partial charge in [-0.25, -0.2) is 4.98 Å². The second-order valence-electron chi connectivity index (χ2n) is 5.61. The molecule has 0 aromatic carbocycles. The van der Waals surface area contributed by atoms with Crippen molar-refractivity contribution in [3.8, 4) is 0 Å². The summed E-state index contributed by atoms with van der Waals surface area (Å²) in [5.41, 5.74) is 1.20. The van der Waals surface area contributed by atoms with E-state index in [-0.39, 0.29) is 0 Å². The predicted octanol–water partition coefficient (Wildman–Crippen LogP) is 4.28. The van der Waals surface area contributed by atoms with Gasteiger partial charge in [0, 0.05) is 30.5 Å². The van der Waals surface area contributed by atoms with Crippen molar-refractivity contribution in [2.45, 2.75) is 58.4 Å². The monoisotopic (exact) mass is 261 g/mol. The Morgan fingerprint density at radius 3 is 2.68 bits per heavy atom. The van der Waals surface area contributed by atoms with Gasteiger partial charge in [-0.15, -0.1) is 0 Å². The molecule has 0 atom stereocenters. The number of anilines is 2. The second-order valence-corrected chi connectivity index (χ2v) is 5.61. The summed E-state index contributed by atoms with van der Waals surface area (Å²) in [5, 5.41) is 6.92. The highest BCUT2D eigenvalue weighted by Crippen LogP contribution is 2.29. The highest BCUT2D eigenvalue weighted by Gasteiger charge is 2.20. The number of hydrogen-bond acceptors (Lipinski definition) is 3. The van der Waals surface area contributed by atoms with Crippen LogP contribution in [0.25, 0.3) is 0 Å². The zero-order valence-corrected chi connectivity index (χ0v) is 12.3. The summed E-state index contributed by atoms with van der Waals surface area (Å²) in [7, 11) is 0. The van der Waals surface area contributed by atoms with E-state index in [1.807, 2.05) is 6.20 Å². The van der Waals surface area contributed by atoms with E-state index in [9.17, 15) is 0 Å². The van der Waals surface area contributed by atoms with Crippen LogP contribution in [-0.2, 0) is 0 Å². The third kappa shape index (κ3) is 4.41. The van der Waals surface area contributed by atoms with Crippen molar-refractivity contribution in [3.05, 3.63) is 18.3 Å². The molecule has 1 heterocycles. The highest BCUT2D eigenvalue weighted by molar-refractivity contribution is 5.52. The SMILES string of the molecule is CCCC1CCC(Nc2ccnc(NCC)c2)CC1. The fraction of sp³-hybridized carbons (Fsp3) is 0.688. The second kappa shape index (κ2) is 7.37. The van der Waals surface area contributed by atoms with Crippen molar-refractivity contribution in [2.24, 2.45) is 5.92 Å². The molecule has 19 heavy (non-hydrogen) atoms. The van der Waals surface area contributed by atoms with Gasteiger partial charge in [0.05, 0.1) is 0 Å². The lowest BCUT2D eigenvalue weighted by Gasteiger charge is -2.29. The maximum absolute atomic E-state index is 4.31. The zero-order valence-electron chi connectivity index (χ0n) is 12.3. The Kier molecular flexibility index (Phi) is 5.49. The number of nitrogens with one attached hydrogen (secondary N) is 2. The number of aromatic nitrogens is 1. The van der Waals surface area contributed by atoms with Gasteiger partial charge in [0.2, 0.25) is 0 Å². The summed E-state index contributed by atoms with van der Waals surface area (Å²) < 4.78 is 0. The van der Waals surface area contributed by atoms with Gasteiger partial charge in [-0.2, -0.15) is 0 Å². The van der Waals surface area contributed by atoms with Gasteiger partial charge < -0.3 is 10.6 Å². The molecule has 0 saturated heterocycles. The van der Waals surface area contributed by atoms with Crippen LogP contribution in [-0.4, -0.2) is 17.6 Å². The standard InChI is InChI=1S/C16H27N3/c1-3-5-13-6-8-14(9-7-13)19-15-10-11-18-16(12-15)17-4-2/h10-14H,3-9H2,1-2H3,(H2,17,18,19). The van der Waals surface area contributed by atoms with E-state index in [0.717, 1.165) is 18.3 Å². The van der Waals surface area contributed by atoms with E-state index in [1.54, 1.807) is 0 Å². The van der Waals surface area contributed by atoms with E-state index in [2.05, 4.69) is 41.6 Å². The molecule has 1 fully saturated rings. The fourth-order valence-electron chi connectivity index (χ4n) is 3.04. The largest absolute Gasteiger partial charge is 0.382 e. The summed E-state index contributed by atoms with van der Waals surface area (Å²) in [6.07, 6.45) is 10.0. The number of pyridine rings is 1. The van der Waals surface area contributed by atoms with Crippen LogP contribution >= 0.6 is 0 Å². The summed E-state index contributed by atoms with van der Waals surface area (Å²) in [6.45, 7) is 5.30. The first-order valence-electron chi connectivity index (χ1n) is 7.78. The van der Waals surface area contributed by atoms with Crippen LogP contribution in [0.4, 0.5) is 11.5 Å². The molecule has 106 valence electrons. The molecule has 1 saturated carbocycles. The lowest BCUT2D eigenvalue weighted by molar-refractivity contribution is 0.319. The summed E-state index contributed by atoms with van der Waals surface area (Å²) in [4.78, 5) is 4.31. The van der Waals surface area contributed by atoms with Crippen LogP contribution in [0.2, 0.25) is 0 Å². The summed E-state index contributed by atoms with van der Waals surface area (Å²) >= 11 is 0. The fourth-order valence-corrected chi connectivity index (χ4v) is 3.04. The van der Waals surface area contributed by atoms with Gasteiger partial charge in [-0.05, 0) is 44.6 Å². The van der Waals surface area contributed by atoms with Crippen molar-refractivity contribution in [1.82, 2.24) is 4.98 Å². The molecule has 0 aliphatic heterocycles. The molecule has 1 aliphatic carbocycles. The molecular weight excluding hydrogens is 234 g/mol. The molecule has 3 nitrogen and oxygen atoms in total. The maximum Gasteiger partial charge on any atom is 0.127 e. The maximum atomic E-state index is 4.31. The number of hydrogen-bond donors (Lipinski definition) is 2. The van der Waals surface area contributed by atoms with Crippen LogP contribution in [0.5, 0.6) is 0 Å². The average Bonchev–Trinajstić information content (AvgIpc) is 2.42. The molecule has 0 bridgehead atoms. The van der Waals surface area contributed by atoms with Gasteiger partial charge in [-0.1, -0.05) is 19.8 Å². The van der Waals surface area contributed by atoms with Gasteiger partial charge in [-0.3, -0.25) is 0 Å². The Balaban J connectivity index is 1.83. The first kappa shape index (κ1) is 14.2. The Morgan fingerprint density at radius 1 is 1.21 bits per heavy atom. The Hall–Kier alpha value is -1.25. The van der Waals surface area contributed by atoms with Crippen LogP contribution in [0, 0.1) is 5.92 Å². The number of rotatable bonds is 6. The van der Waals surface area contributed by atoms with Crippen LogP contribution in [0.15, 0.2) is 18.3 Å². The van der Waals surface area contributed by atoms with E-state index < -0.39 is 0 Å². The van der Waals surface area contributed by atoms with Crippen molar-refractivity contribution < 1.29 is 0 Å². The normalized spacial score (nSPS) is 23.1. The molecule has 1 aromatic heterocycles. The highest BCUT2D eigenvalue weighted by atomic mass is 15.0. The lowest BCUT2D eigenvalue weighted by atomic mass is 9.83.